The van der Waals surface area contributed by atoms with Crippen LogP contribution in [0.4, 0.5) is 0 Å². The van der Waals surface area contributed by atoms with Crippen molar-refractivity contribution in [2.24, 2.45) is 11.8 Å². The predicted octanol–water partition coefficient (Wildman–Crippen LogP) is -0.216. The molecule has 2 N–H and O–H groups in total. The van der Waals surface area contributed by atoms with E-state index in [-0.39, 0.29) is 29.6 Å². The molecule has 18 heavy (non-hydrogen) atoms. The van der Waals surface area contributed by atoms with Crippen molar-refractivity contribution in [3.63, 3.8) is 0 Å². The molecule has 4 aliphatic rings. The molecule has 2 atom stereocenters. The quantitative estimate of drug-likeness (QED) is 0.370. The van der Waals surface area contributed by atoms with Crippen LogP contribution in [0.25, 0.3) is 0 Å². The van der Waals surface area contributed by atoms with Crippen LogP contribution in [0, 0.1) is 17.8 Å². The van der Waals surface area contributed by atoms with Crippen molar-refractivity contribution in [2.75, 3.05) is 0 Å². The molecule has 3 nitrogen and oxygen atoms in total. The van der Waals surface area contributed by atoms with Gasteiger partial charge in [0.05, 0.1) is 5.60 Å². The molecular weight excluding hydrogens is 286 g/mol. The van der Waals surface area contributed by atoms with Gasteiger partial charge in [0.25, 0.3) is 5.97 Å². The number of aliphatic carboxylic acids is 1. The summed E-state index contributed by atoms with van der Waals surface area (Å²) in [5.74, 6) is 1.66. The van der Waals surface area contributed by atoms with Crippen molar-refractivity contribution >= 4 is 29.2 Å². The Morgan fingerprint density at radius 2 is 1.67 bits per heavy atom. The van der Waals surface area contributed by atoms with Gasteiger partial charge >= 0.3 is 29.6 Å². The molecule has 4 fully saturated rings. The number of rotatable bonds is 0. The Kier molecular flexibility index (Phi) is 5.48. The number of alkyl halides is 2. The SMILES string of the molecule is CC(=O)O.OC12CC3C[C-](CC(C3)C1)C2(Cl)Cl.[Na+]. The van der Waals surface area contributed by atoms with Crippen LogP contribution < -0.4 is 29.6 Å². The molecule has 0 spiro atoms. The van der Waals surface area contributed by atoms with E-state index in [0.717, 1.165) is 32.6 Å². The van der Waals surface area contributed by atoms with Gasteiger partial charge in [-0.15, -0.1) is 23.2 Å². The Bertz CT molecular complexity index is 317. The Labute approximate surface area is 140 Å². The summed E-state index contributed by atoms with van der Waals surface area (Å²) in [7, 11) is 0. The summed E-state index contributed by atoms with van der Waals surface area (Å²) >= 11 is 12.5. The third-order valence-electron chi connectivity index (χ3n) is 4.02. The summed E-state index contributed by atoms with van der Waals surface area (Å²) in [6.45, 7) is 1.08. The standard InChI is InChI=1S/C10H13Cl2O.C2H4O2.Na/c11-10(12)8-2-6-1-7(3-8)5-9(10,13)4-6;1-2(3)4;/h6-7,13H,1-5H2;1H3,(H,3,4);/q-1;;+1. The van der Waals surface area contributed by atoms with Gasteiger partial charge in [-0.25, -0.2) is 0 Å². The van der Waals surface area contributed by atoms with Crippen LogP contribution >= 0.6 is 23.2 Å². The largest absolute Gasteiger partial charge is 1.00 e. The smallest absolute Gasteiger partial charge is 0.481 e. The summed E-state index contributed by atoms with van der Waals surface area (Å²) in [5, 5.41) is 17.8. The first-order valence-electron chi connectivity index (χ1n) is 5.89. The van der Waals surface area contributed by atoms with E-state index in [0.29, 0.717) is 11.8 Å². The number of carboxylic acid groups (broad SMARTS) is 1. The van der Waals surface area contributed by atoms with Crippen molar-refractivity contribution in [1.29, 1.82) is 0 Å². The van der Waals surface area contributed by atoms with Crippen molar-refractivity contribution in [1.82, 2.24) is 0 Å². The second-order valence-corrected chi connectivity index (χ2v) is 6.84. The molecule has 0 amide bonds. The number of hydrogen-bond acceptors (Lipinski definition) is 2. The first kappa shape index (κ1) is 17.1. The molecule has 0 aromatic heterocycles. The van der Waals surface area contributed by atoms with Crippen LogP contribution in [0.5, 0.6) is 0 Å². The topological polar surface area (TPSA) is 57.5 Å². The van der Waals surface area contributed by atoms with Crippen LogP contribution in [-0.2, 0) is 4.79 Å². The maximum atomic E-state index is 10.3. The third-order valence-corrected chi connectivity index (χ3v) is 5.26. The van der Waals surface area contributed by atoms with Gasteiger partial charge in [0.2, 0.25) is 0 Å². The molecule has 0 saturated heterocycles. The number of carbonyl (C=O) groups is 1. The van der Waals surface area contributed by atoms with Crippen molar-refractivity contribution in [2.45, 2.75) is 49.0 Å². The molecule has 6 heteroatoms. The molecule has 4 aliphatic carbocycles. The van der Waals surface area contributed by atoms with E-state index in [1.54, 1.807) is 0 Å². The molecule has 0 aromatic rings. The van der Waals surface area contributed by atoms with E-state index in [1.807, 2.05) is 0 Å². The molecule has 4 bridgehead atoms. The van der Waals surface area contributed by atoms with E-state index in [1.165, 1.54) is 12.3 Å². The average molecular weight is 303 g/mol. The van der Waals surface area contributed by atoms with Gasteiger partial charge in [0.15, 0.2) is 0 Å². The fourth-order valence-electron chi connectivity index (χ4n) is 3.61. The van der Waals surface area contributed by atoms with Gasteiger partial charge in [-0.05, 0) is 12.8 Å². The van der Waals surface area contributed by atoms with E-state index in [4.69, 9.17) is 33.1 Å². The third kappa shape index (κ3) is 3.02. The maximum Gasteiger partial charge on any atom is 1.00 e. The predicted molar refractivity (Wildman–Crippen MR) is 66.0 cm³/mol. The van der Waals surface area contributed by atoms with Gasteiger partial charge in [-0.1, -0.05) is 18.3 Å². The summed E-state index contributed by atoms with van der Waals surface area (Å²) in [6.07, 6.45) is 4.98. The Balaban J connectivity index is 0.000000289. The Hall–Kier alpha value is 1.01. The number of carboxylic acids is 1. The minimum absolute atomic E-state index is 0. The minimum atomic E-state index is -0.944. The number of hydrogen-bond donors (Lipinski definition) is 2. The molecule has 2 unspecified atom stereocenters. The zero-order valence-corrected chi connectivity index (χ0v) is 14.3. The minimum Gasteiger partial charge on any atom is -0.481 e. The average Bonchev–Trinajstić information content (AvgIpc) is 2.12. The van der Waals surface area contributed by atoms with Crippen LogP contribution in [0.3, 0.4) is 0 Å². The van der Waals surface area contributed by atoms with Crippen molar-refractivity contribution in [3.8, 4) is 0 Å². The summed E-state index contributed by atoms with van der Waals surface area (Å²) < 4.78 is -0.944. The monoisotopic (exact) mass is 302 g/mol. The Morgan fingerprint density at radius 3 is 2.00 bits per heavy atom. The molecular formula is C12H17Cl2NaO3. The molecule has 0 heterocycles. The first-order valence-corrected chi connectivity index (χ1v) is 6.65. The molecule has 4 saturated carbocycles. The second kappa shape index (κ2) is 5.79. The molecule has 4 rings (SSSR count). The van der Waals surface area contributed by atoms with E-state index >= 15 is 0 Å². The van der Waals surface area contributed by atoms with E-state index in [9.17, 15) is 5.11 Å². The van der Waals surface area contributed by atoms with E-state index in [2.05, 4.69) is 0 Å². The normalized spacial score (nSPS) is 39.6. The van der Waals surface area contributed by atoms with Crippen LogP contribution in [0.2, 0.25) is 0 Å². The first-order chi connectivity index (χ1) is 7.74. The molecule has 0 aromatic carbocycles. The summed E-state index contributed by atoms with van der Waals surface area (Å²) in [5.41, 5.74) is -0.810. The van der Waals surface area contributed by atoms with Gasteiger partial charge in [-0.3, -0.25) is 10.7 Å². The maximum absolute atomic E-state index is 10.3. The molecule has 98 valence electrons. The number of aliphatic hydroxyl groups is 1. The zero-order chi connectivity index (χ0) is 12.8. The van der Waals surface area contributed by atoms with Crippen LogP contribution in [0.1, 0.15) is 39.0 Å². The summed E-state index contributed by atoms with van der Waals surface area (Å²) in [6, 6.07) is 0. The van der Waals surface area contributed by atoms with Crippen LogP contribution in [0.15, 0.2) is 0 Å². The fourth-order valence-corrected chi connectivity index (χ4v) is 4.23. The molecule has 0 aliphatic heterocycles. The Morgan fingerprint density at radius 1 is 1.28 bits per heavy atom. The van der Waals surface area contributed by atoms with Gasteiger partial charge in [0.1, 0.15) is 0 Å². The van der Waals surface area contributed by atoms with Gasteiger partial charge in [0, 0.05) is 11.3 Å². The number of halogens is 2. The zero-order valence-electron chi connectivity index (χ0n) is 10.7. The summed E-state index contributed by atoms with van der Waals surface area (Å²) in [4.78, 5) is 9.00. The van der Waals surface area contributed by atoms with Crippen molar-refractivity contribution < 1.29 is 44.6 Å². The van der Waals surface area contributed by atoms with E-state index < -0.39 is 15.9 Å². The van der Waals surface area contributed by atoms with Crippen LogP contribution in [-0.4, -0.2) is 26.1 Å². The second-order valence-electron chi connectivity index (χ2n) is 5.51. The van der Waals surface area contributed by atoms with Crippen molar-refractivity contribution in [3.05, 3.63) is 5.92 Å². The fraction of sp³-hybridized carbons (Fsp3) is 0.833. The van der Waals surface area contributed by atoms with Gasteiger partial charge < -0.3 is 10.2 Å². The van der Waals surface area contributed by atoms with Gasteiger partial charge in [-0.2, -0.15) is 12.8 Å². The molecule has 0 radical (unpaired) electrons.